The van der Waals surface area contributed by atoms with Gasteiger partial charge in [-0.05, 0) is 45.7 Å². The van der Waals surface area contributed by atoms with Crippen molar-refractivity contribution in [1.82, 2.24) is 14.9 Å². The summed E-state index contributed by atoms with van der Waals surface area (Å²) in [6.45, 7) is 3.59. The van der Waals surface area contributed by atoms with Gasteiger partial charge in [-0.15, -0.1) is 0 Å². The van der Waals surface area contributed by atoms with Gasteiger partial charge in [-0.25, -0.2) is 14.2 Å². The molecule has 38 heavy (non-hydrogen) atoms. The van der Waals surface area contributed by atoms with Gasteiger partial charge in [-0.2, -0.15) is 26.9 Å². The van der Waals surface area contributed by atoms with E-state index in [0.717, 1.165) is 17.0 Å². The number of carbonyl (C=O) groups is 1. The molecule has 2 fully saturated rings. The van der Waals surface area contributed by atoms with Crippen LogP contribution in [0.25, 0.3) is 0 Å². The van der Waals surface area contributed by atoms with Crippen LogP contribution >= 0.6 is 0 Å². The number of piperidine rings is 1. The molecule has 0 unspecified atom stereocenters. The first-order valence-corrected chi connectivity index (χ1v) is 11.7. The highest BCUT2D eigenvalue weighted by molar-refractivity contribution is 5.68. The van der Waals surface area contributed by atoms with Gasteiger partial charge in [-0.3, -0.25) is 4.90 Å². The van der Waals surface area contributed by atoms with E-state index in [-0.39, 0.29) is 44.2 Å². The van der Waals surface area contributed by atoms with Crippen molar-refractivity contribution in [3.05, 3.63) is 41.8 Å². The maximum absolute atomic E-state index is 14.5. The van der Waals surface area contributed by atoms with Crippen molar-refractivity contribution < 1.29 is 45.3 Å². The predicted molar refractivity (Wildman–Crippen MR) is 122 cm³/mol. The standard InChI is InChI=1S/C24H26F6N4O4/c1-21(2,3)37-20(35)34-13-22(38-23(26,27)14-34)7-9-33(10-8-22)19-31-17(24(28,29)30)12-18(32-19)36-16-6-4-5-15(25)11-16/h4-6,11-12H,7-10,13-14H2,1-3H3. The van der Waals surface area contributed by atoms with Crippen molar-refractivity contribution in [2.45, 2.75) is 57.1 Å². The Morgan fingerprint density at radius 1 is 1.05 bits per heavy atom. The molecule has 1 aromatic carbocycles. The van der Waals surface area contributed by atoms with Gasteiger partial charge in [0.25, 0.3) is 0 Å². The van der Waals surface area contributed by atoms with Gasteiger partial charge in [0.15, 0.2) is 5.69 Å². The molecule has 14 heteroatoms. The van der Waals surface area contributed by atoms with Crippen molar-refractivity contribution in [3.8, 4) is 11.6 Å². The Labute approximate surface area is 214 Å². The maximum atomic E-state index is 14.5. The van der Waals surface area contributed by atoms with E-state index in [9.17, 15) is 31.1 Å². The number of ether oxygens (including phenoxy) is 3. The fourth-order valence-corrected chi connectivity index (χ4v) is 4.24. The van der Waals surface area contributed by atoms with Crippen LogP contribution in [0, 0.1) is 5.82 Å². The molecule has 0 atom stereocenters. The number of anilines is 1. The minimum absolute atomic E-state index is 0.0427. The van der Waals surface area contributed by atoms with Crippen LogP contribution in [0.15, 0.2) is 30.3 Å². The second kappa shape index (κ2) is 9.79. The third-order valence-electron chi connectivity index (χ3n) is 5.83. The lowest BCUT2D eigenvalue weighted by Gasteiger charge is -2.49. The van der Waals surface area contributed by atoms with Gasteiger partial charge in [0.2, 0.25) is 11.8 Å². The van der Waals surface area contributed by atoms with E-state index in [1.165, 1.54) is 17.0 Å². The summed E-state index contributed by atoms with van der Waals surface area (Å²) in [6.07, 6.45) is -9.50. The predicted octanol–water partition coefficient (Wildman–Crippen LogP) is 5.63. The van der Waals surface area contributed by atoms with E-state index < -0.39 is 53.5 Å². The van der Waals surface area contributed by atoms with Crippen molar-refractivity contribution in [3.63, 3.8) is 0 Å². The van der Waals surface area contributed by atoms with Crippen LogP contribution in [0.3, 0.4) is 0 Å². The molecule has 2 aromatic rings. The normalized spacial score (nSPS) is 19.4. The number of carbonyl (C=O) groups excluding carboxylic acids is 1. The third kappa shape index (κ3) is 6.77. The van der Waals surface area contributed by atoms with Crippen LogP contribution < -0.4 is 9.64 Å². The molecule has 8 nitrogen and oxygen atoms in total. The Balaban J connectivity index is 1.54. The Morgan fingerprint density at radius 3 is 2.34 bits per heavy atom. The van der Waals surface area contributed by atoms with Crippen LogP contribution in [0.4, 0.5) is 37.1 Å². The topological polar surface area (TPSA) is 77.0 Å². The zero-order valence-corrected chi connectivity index (χ0v) is 20.8. The summed E-state index contributed by atoms with van der Waals surface area (Å²) in [5.41, 5.74) is -3.63. The summed E-state index contributed by atoms with van der Waals surface area (Å²) in [6, 6.07) is 5.38. The minimum atomic E-state index is -4.84. The summed E-state index contributed by atoms with van der Waals surface area (Å²) < 4.78 is 98.8. The second-order valence-corrected chi connectivity index (χ2v) is 10.2. The van der Waals surface area contributed by atoms with E-state index >= 15 is 0 Å². The molecule has 208 valence electrons. The van der Waals surface area contributed by atoms with Gasteiger partial charge >= 0.3 is 18.4 Å². The van der Waals surface area contributed by atoms with E-state index in [2.05, 4.69) is 9.97 Å². The molecule has 0 saturated carbocycles. The highest BCUT2D eigenvalue weighted by Crippen LogP contribution is 2.40. The van der Waals surface area contributed by atoms with Gasteiger partial charge in [0.05, 0.1) is 12.1 Å². The number of halogens is 6. The largest absolute Gasteiger partial charge is 0.444 e. The average Bonchev–Trinajstić information content (AvgIpc) is 2.76. The number of aromatic nitrogens is 2. The first-order valence-electron chi connectivity index (χ1n) is 11.7. The number of nitrogens with zero attached hydrogens (tertiary/aromatic N) is 4. The molecule has 1 spiro atoms. The van der Waals surface area contributed by atoms with Gasteiger partial charge < -0.3 is 19.1 Å². The summed E-state index contributed by atoms with van der Waals surface area (Å²) in [7, 11) is 0. The number of benzene rings is 1. The van der Waals surface area contributed by atoms with Crippen LogP contribution in [0.5, 0.6) is 11.6 Å². The molecular formula is C24H26F6N4O4. The third-order valence-corrected chi connectivity index (χ3v) is 5.83. The Morgan fingerprint density at radius 2 is 1.74 bits per heavy atom. The Kier molecular flexibility index (Phi) is 7.14. The Hall–Kier alpha value is -3.29. The van der Waals surface area contributed by atoms with Crippen molar-refractivity contribution in [2.24, 2.45) is 0 Å². The van der Waals surface area contributed by atoms with Crippen LogP contribution in [-0.4, -0.2) is 64.5 Å². The molecular weight excluding hydrogens is 522 g/mol. The molecule has 1 amide bonds. The van der Waals surface area contributed by atoms with Crippen molar-refractivity contribution in [1.29, 1.82) is 0 Å². The summed E-state index contributed by atoms with van der Waals surface area (Å²) in [4.78, 5) is 22.4. The second-order valence-electron chi connectivity index (χ2n) is 10.2. The summed E-state index contributed by atoms with van der Waals surface area (Å²) in [5.74, 6) is -1.53. The lowest BCUT2D eigenvalue weighted by Crippen LogP contribution is -2.63. The molecule has 0 radical (unpaired) electrons. The molecule has 0 bridgehead atoms. The molecule has 3 heterocycles. The molecule has 2 aliphatic heterocycles. The van der Waals surface area contributed by atoms with Gasteiger partial charge in [0.1, 0.15) is 23.7 Å². The molecule has 2 aliphatic rings. The number of hydrogen-bond acceptors (Lipinski definition) is 7. The lowest BCUT2D eigenvalue weighted by molar-refractivity contribution is -0.330. The molecule has 0 N–H and O–H groups in total. The highest BCUT2D eigenvalue weighted by Gasteiger charge is 2.53. The van der Waals surface area contributed by atoms with E-state index in [1.54, 1.807) is 20.8 Å². The maximum Gasteiger partial charge on any atom is 0.433 e. The monoisotopic (exact) mass is 548 g/mol. The molecule has 4 rings (SSSR count). The zero-order valence-electron chi connectivity index (χ0n) is 20.8. The summed E-state index contributed by atoms with van der Waals surface area (Å²) >= 11 is 0. The van der Waals surface area contributed by atoms with Crippen molar-refractivity contribution >= 4 is 12.0 Å². The fraction of sp³-hybridized carbons (Fsp3) is 0.542. The van der Waals surface area contributed by atoms with E-state index in [0.29, 0.717) is 6.07 Å². The average molecular weight is 548 g/mol. The number of amides is 1. The van der Waals surface area contributed by atoms with Crippen LogP contribution in [0.1, 0.15) is 39.3 Å². The van der Waals surface area contributed by atoms with E-state index in [4.69, 9.17) is 14.2 Å². The van der Waals surface area contributed by atoms with Gasteiger partial charge in [0, 0.05) is 25.2 Å². The number of rotatable bonds is 3. The first-order chi connectivity index (χ1) is 17.5. The molecule has 0 aliphatic carbocycles. The summed E-state index contributed by atoms with van der Waals surface area (Å²) in [5, 5.41) is 0. The smallest absolute Gasteiger partial charge is 0.433 e. The highest BCUT2D eigenvalue weighted by atomic mass is 19.4. The SMILES string of the molecule is CC(C)(C)OC(=O)N1CC(F)(F)OC2(CCN(c3nc(Oc4cccc(F)c4)cc(C(F)(F)F)n3)CC2)C1. The van der Waals surface area contributed by atoms with Crippen molar-refractivity contribution in [2.75, 3.05) is 31.1 Å². The van der Waals surface area contributed by atoms with Gasteiger partial charge in [-0.1, -0.05) is 6.07 Å². The molecule has 2 saturated heterocycles. The van der Waals surface area contributed by atoms with Crippen LogP contribution in [-0.2, 0) is 15.7 Å². The Bertz CT molecular complexity index is 1180. The molecule has 1 aromatic heterocycles. The first kappa shape index (κ1) is 27.7. The minimum Gasteiger partial charge on any atom is -0.444 e. The lowest BCUT2D eigenvalue weighted by atomic mass is 9.89. The van der Waals surface area contributed by atoms with E-state index in [1.807, 2.05) is 0 Å². The fourth-order valence-electron chi connectivity index (χ4n) is 4.24. The zero-order chi connectivity index (χ0) is 27.9. The number of hydrogen-bond donors (Lipinski definition) is 0. The quantitative estimate of drug-likeness (QED) is 0.461. The number of morpholine rings is 1. The van der Waals surface area contributed by atoms with Crippen LogP contribution in [0.2, 0.25) is 0 Å². The number of alkyl halides is 5.